The summed E-state index contributed by atoms with van der Waals surface area (Å²) in [6.07, 6.45) is 0. The van der Waals surface area contributed by atoms with Crippen LogP contribution in [0.4, 0.5) is 5.69 Å². The number of nitrogens with zero attached hydrogens (tertiary/aromatic N) is 1. The van der Waals surface area contributed by atoms with Crippen molar-refractivity contribution < 1.29 is 9.21 Å². The molecule has 0 bridgehead atoms. The molecular weight excluding hydrogens is 386 g/mol. The number of aryl methyl sites for hydroxylation is 1. The van der Waals surface area contributed by atoms with Crippen molar-refractivity contribution in [2.75, 3.05) is 4.90 Å². The van der Waals surface area contributed by atoms with Crippen molar-refractivity contribution in [1.82, 2.24) is 0 Å². The van der Waals surface area contributed by atoms with Gasteiger partial charge >= 0.3 is 0 Å². The van der Waals surface area contributed by atoms with Gasteiger partial charge in [-0.2, -0.15) is 0 Å². The van der Waals surface area contributed by atoms with Crippen LogP contribution in [0.2, 0.25) is 5.02 Å². The van der Waals surface area contributed by atoms with E-state index < -0.39 is 6.04 Å². The Labute approximate surface area is 172 Å². The number of rotatable bonds is 2. The first-order valence-electron chi connectivity index (χ1n) is 9.26. The predicted molar refractivity (Wildman–Crippen MR) is 114 cm³/mol. The molecule has 0 spiro atoms. The minimum Gasteiger partial charge on any atom is -0.450 e. The van der Waals surface area contributed by atoms with Crippen LogP contribution in [0.1, 0.15) is 33.3 Å². The second-order valence-corrected chi connectivity index (χ2v) is 7.50. The van der Waals surface area contributed by atoms with Crippen molar-refractivity contribution in [3.05, 3.63) is 110 Å². The second-order valence-electron chi connectivity index (χ2n) is 7.09. The predicted octanol–water partition coefficient (Wildman–Crippen LogP) is 5.50. The molecule has 1 amide bonds. The summed E-state index contributed by atoms with van der Waals surface area (Å²) in [6.45, 7) is 1.90. The van der Waals surface area contributed by atoms with E-state index in [1.54, 1.807) is 35.2 Å². The highest BCUT2D eigenvalue weighted by atomic mass is 35.5. The molecule has 0 saturated carbocycles. The van der Waals surface area contributed by atoms with Crippen LogP contribution in [0.25, 0.3) is 11.0 Å². The Hall–Kier alpha value is -3.37. The molecule has 4 aromatic rings. The van der Waals surface area contributed by atoms with E-state index in [-0.39, 0.29) is 17.1 Å². The quantitative estimate of drug-likeness (QED) is 0.445. The van der Waals surface area contributed by atoms with Gasteiger partial charge in [-0.15, -0.1) is 0 Å². The molecule has 1 aliphatic rings. The molecule has 3 aromatic carbocycles. The zero-order valence-electron chi connectivity index (χ0n) is 15.6. The SMILES string of the molecule is Cc1ccc(N2C(=O)c3oc4ccccc4c(=O)c3C2c2ccccc2)cc1Cl. The molecule has 1 atom stereocenters. The van der Waals surface area contributed by atoms with Crippen molar-refractivity contribution >= 4 is 34.2 Å². The molecule has 142 valence electrons. The zero-order valence-corrected chi connectivity index (χ0v) is 16.3. The molecule has 29 heavy (non-hydrogen) atoms. The van der Waals surface area contributed by atoms with Gasteiger partial charge in [0, 0.05) is 10.7 Å². The number of hydrogen-bond donors (Lipinski definition) is 0. The van der Waals surface area contributed by atoms with E-state index in [4.69, 9.17) is 16.0 Å². The lowest BCUT2D eigenvalue weighted by Gasteiger charge is -2.25. The number of carbonyl (C=O) groups is 1. The van der Waals surface area contributed by atoms with Crippen LogP contribution in [0.3, 0.4) is 0 Å². The molecule has 2 heterocycles. The molecule has 1 unspecified atom stereocenters. The highest BCUT2D eigenvalue weighted by Gasteiger charge is 2.43. The maximum absolute atomic E-state index is 13.4. The van der Waals surface area contributed by atoms with Gasteiger partial charge in [-0.05, 0) is 42.3 Å². The first-order chi connectivity index (χ1) is 14.1. The van der Waals surface area contributed by atoms with Crippen molar-refractivity contribution in [2.45, 2.75) is 13.0 Å². The van der Waals surface area contributed by atoms with Gasteiger partial charge in [-0.25, -0.2) is 0 Å². The third-order valence-corrected chi connectivity index (χ3v) is 5.73. The van der Waals surface area contributed by atoms with E-state index in [2.05, 4.69) is 0 Å². The first-order valence-corrected chi connectivity index (χ1v) is 9.64. The van der Waals surface area contributed by atoms with E-state index in [1.807, 2.05) is 49.4 Å². The average molecular weight is 402 g/mol. The van der Waals surface area contributed by atoms with Crippen LogP contribution in [0, 0.1) is 6.92 Å². The Bertz CT molecular complexity index is 1330. The fourth-order valence-electron chi connectivity index (χ4n) is 3.87. The van der Waals surface area contributed by atoms with Crippen LogP contribution in [0.5, 0.6) is 0 Å². The van der Waals surface area contributed by atoms with Gasteiger partial charge in [0.1, 0.15) is 5.58 Å². The van der Waals surface area contributed by atoms with Gasteiger partial charge in [-0.1, -0.05) is 60.1 Å². The Morgan fingerprint density at radius 3 is 2.41 bits per heavy atom. The summed E-state index contributed by atoms with van der Waals surface area (Å²) in [6, 6.07) is 21.4. The summed E-state index contributed by atoms with van der Waals surface area (Å²) in [4.78, 5) is 28.4. The maximum atomic E-state index is 13.4. The van der Waals surface area contributed by atoms with E-state index in [0.717, 1.165) is 11.1 Å². The minimum atomic E-state index is -0.585. The van der Waals surface area contributed by atoms with E-state index >= 15 is 0 Å². The minimum absolute atomic E-state index is 0.0826. The number of benzene rings is 3. The van der Waals surface area contributed by atoms with Crippen molar-refractivity contribution in [3.63, 3.8) is 0 Å². The number of hydrogen-bond acceptors (Lipinski definition) is 3. The van der Waals surface area contributed by atoms with Gasteiger partial charge in [0.25, 0.3) is 5.91 Å². The molecule has 0 saturated heterocycles. The Morgan fingerprint density at radius 1 is 0.931 bits per heavy atom. The van der Waals surface area contributed by atoms with E-state index in [1.165, 1.54) is 0 Å². The number of halogens is 1. The fraction of sp³-hybridized carbons (Fsp3) is 0.0833. The van der Waals surface area contributed by atoms with Crippen LogP contribution in [0.15, 0.2) is 82.0 Å². The van der Waals surface area contributed by atoms with Crippen LogP contribution >= 0.6 is 11.6 Å². The van der Waals surface area contributed by atoms with E-state index in [9.17, 15) is 9.59 Å². The van der Waals surface area contributed by atoms with Crippen LogP contribution in [-0.2, 0) is 0 Å². The molecule has 1 aliphatic heterocycles. The number of anilines is 1. The number of amides is 1. The first kappa shape index (κ1) is 17.7. The van der Waals surface area contributed by atoms with Crippen molar-refractivity contribution in [2.24, 2.45) is 0 Å². The Balaban J connectivity index is 1.82. The van der Waals surface area contributed by atoms with Crippen molar-refractivity contribution in [3.8, 4) is 0 Å². The van der Waals surface area contributed by atoms with Gasteiger partial charge in [0.2, 0.25) is 5.76 Å². The summed E-state index contributed by atoms with van der Waals surface area (Å²) in [7, 11) is 0. The largest absolute Gasteiger partial charge is 0.450 e. The van der Waals surface area contributed by atoms with Gasteiger partial charge < -0.3 is 4.42 Å². The molecule has 0 aliphatic carbocycles. The molecule has 5 heteroatoms. The number of para-hydroxylation sites is 1. The molecule has 1 aromatic heterocycles. The highest BCUT2D eigenvalue weighted by molar-refractivity contribution is 6.31. The summed E-state index contributed by atoms with van der Waals surface area (Å²) in [5.74, 6) is -0.268. The molecular formula is C24H16ClNO3. The molecule has 0 radical (unpaired) electrons. The maximum Gasteiger partial charge on any atom is 0.295 e. The lowest BCUT2D eigenvalue weighted by Crippen LogP contribution is -2.29. The van der Waals surface area contributed by atoms with Crippen LogP contribution in [-0.4, -0.2) is 5.91 Å². The molecule has 5 rings (SSSR count). The average Bonchev–Trinajstić information content (AvgIpc) is 3.04. The lowest BCUT2D eigenvalue weighted by molar-refractivity contribution is 0.0971. The summed E-state index contributed by atoms with van der Waals surface area (Å²) < 4.78 is 5.93. The van der Waals surface area contributed by atoms with Crippen LogP contribution < -0.4 is 10.3 Å². The summed E-state index contributed by atoms with van der Waals surface area (Å²) in [5, 5.41) is 1.02. The third kappa shape index (κ3) is 2.68. The molecule has 0 N–H and O–H groups in total. The zero-order chi connectivity index (χ0) is 20.1. The molecule has 0 fully saturated rings. The number of carbonyl (C=O) groups excluding carboxylic acids is 1. The van der Waals surface area contributed by atoms with Crippen molar-refractivity contribution in [1.29, 1.82) is 0 Å². The van der Waals surface area contributed by atoms with E-state index in [0.29, 0.717) is 27.2 Å². The Kier molecular flexibility index (Phi) is 4.03. The summed E-state index contributed by atoms with van der Waals surface area (Å²) in [5.41, 5.74) is 2.94. The monoisotopic (exact) mass is 401 g/mol. The fourth-order valence-corrected chi connectivity index (χ4v) is 4.04. The van der Waals surface area contributed by atoms with Gasteiger partial charge in [-0.3, -0.25) is 14.5 Å². The smallest absolute Gasteiger partial charge is 0.295 e. The highest BCUT2D eigenvalue weighted by Crippen LogP contribution is 2.41. The summed E-state index contributed by atoms with van der Waals surface area (Å²) >= 11 is 6.34. The second kappa shape index (κ2) is 6.61. The van der Waals surface area contributed by atoms with Gasteiger partial charge in [0.15, 0.2) is 5.43 Å². The standard InChI is InChI=1S/C24H16ClNO3/c1-14-11-12-16(13-18(14)25)26-21(15-7-3-2-4-8-15)20-22(27)17-9-5-6-10-19(17)29-23(20)24(26)28/h2-13,21H,1H3. The van der Waals surface area contributed by atoms with Gasteiger partial charge in [0.05, 0.1) is 17.0 Å². The number of fused-ring (bicyclic) bond motifs is 2. The molecule has 4 nitrogen and oxygen atoms in total. The third-order valence-electron chi connectivity index (χ3n) is 5.33. The lowest BCUT2D eigenvalue weighted by atomic mass is 9.98. The topological polar surface area (TPSA) is 50.5 Å². The normalized spacial score (nSPS) is 15.7. The Morgan fingerprint density at radius 2 is 1.66 bits per heavy atom.